The molecule has 0 atom stereocenters. The highest BCUT2D eigenvalue weighted by atomic mass is 32.1. The Labute approximate surface area is 107 Å². The molecule has 2 aromatic rings. The van der Waals surface area contributed by atoms with Gasteiger partial charge in [-0.15, -0.1) is 16.6 Å². The van der Waals surface area contributed by atoms with E-state index in [2.05, 4.69) is 21.4 Å². The first-order chi connectivity index (χ1) is 8.60. The maximum Gasteiger partial charge on any atom is 0.150 e. The van der Waals surface area contributed by atoms with Crippen LogP contribution >= 0.6 is 11.3 Å². The molecule has 1 heterocycles. The number of nitrogens with zero attached hydrogens (tertiary/aromatic N) is 2. The molecule has 0 aliphatic heterocycles. The van der Waals surface area contributed by atoms with E-state index in [0.717, 1.165) is 17.1 Å². The number of aromatic nitrogens is 2. The molecule has 0 saturated heterocycles. The van der Waals surface area contributed by atoms with Gasteiger partial charge >= 0.3 is 0 Å². The first kappa shape index (κ1) is 12.5. The lowest BCUT2D eigenvalue weighted by atomic mass is 10.2. The molecule has 3 nitrogen and oxygen atoms in total. The summed E-state index contributed by atoms with van der Waals surface area (Å²) in [6.07, 6.45) is 5.09. The summed E-state index contributed by atoms with van der Waals surface area (Å²) >= 11 is 1.36. The van der Waals surface area contributed by atoms with Crippen LogP contribution in [0.4, 0.5) is 14.5 Å². The van der Waals surface area contributed by atoms with Crippen molar-refractivity contribution < 1.29 is 8.78 Å². The summed E-state index contributed by atoms with van der Waals surface area (Å²) in [5.41, 5.74) is -0.0378. The Morgan fingerprint density at radius 1 is 1.33 bits per heavy atom. The van der Waals surface area contributed by atoms with Crippen molar-refractivity contribution in [3.8, 4) is 12.3 Å². The van der Waals surface area contributed by atoms with E-state index in [4.69, 9.17) is 6.42 Å². The number of benzene rings is 1. The third-order valence-corrected chi connectivity index (χ3v) is 3.03. The average molecular weight is 265 g/mol. The molecule has 0 aliphatic carbocycles. The summed E-state index contributed by atoms with van der Waals surface area (Å²) in [5.74, 6) is 0.748. The Morgan fingerprint density at radius 3 is 2.50 bits per heavy atom. The van der Waals surface area contributed by atoms with Crippen molar-refractivity contribution in [3.63, 3.8) is 0 Å². The highest BCUT2D eigenvalue weighted by Crippen LogP contribution is 2.21. The topological polar surface area (TPSA) is 37.8 Å². The van der Waals surface area contributed by atoms with E-state index in [-0.39, 0.29) is 17.8 Å². The molecule has 1 N–H and O–H groups in total. The van der Waals surface area contributed by atoms with Crippen LogP contribution in [-0.4, -0.2) is 10.2 Å². The second-order valence-corrected chi connectivity index (χ2v) is 4.79. The number of nitrogens with one attached hydrogen (secondary N) is 1. The molecule has 92 valence electrons. The number of halogens is 2. The van der Waals surface area contributed by atoms with Crippen LogP contribution in [0, 0.1) is 30.9 Å². The fourth-order valence-electron chi connectivity index (χ4n) is 1.40. The molecule has 0 fully saturated rings. The molecule has 2 rings (SSSR count). The minimum absolute atomic E-state index is 0.169. The molecule has 0 amide bonds. The van der Waals surface area contributed by atoms with Crippen molar-refractivity contribution in [2.45, 2.75) is 13.5 Å². The van der Waals surface area contributed by atoms with Crippen molar-refractivity contribution in [2.24, 2.45) is 0 Å². The van der Waals surface area contributed by atoms with Crippen LogP contribution in [0.1, 0.15) is 15.6 Å². The summed E-state index contributed by atoms with van der Waals surface area (Å²) in [4.78, 5) is 0. The predicted octanol–water partition coefficient (Wildman–Crippen LogP) is 2.72. The van der Waals surface area contributed by atoms with E-state index < -0.39 is 11.6 Å². The van der Waals surface area contributed by atoms with Gasteiger partial charge in [0.15, 0.2) is 11.6 Å². The van der Waals surface area contributed by atoms with Crippen LogP contribution < -0.4 is 5.32 Å². The largest absolute Gasteiger partial charge is 0.374 e. The summed E-state index contributed by atoms with van der Waals surface area (Å²) < 4.78 is 27.2. The van der Waals surface area contributed by atoms with Gasteiger partial charge in [-0.3, -0.25) is 0 Å². The summed E-state index contributed by atoms with van der Waals surface area (Å²) in [5, 5.41) is 11.8. The number of hydrogen-bond acceptors (Lipinski definition) is 4. The molecule has 6 heteroatoms. The van der Waals surface area contributed by atoms with Gasteiger partial charge in [0.25, 0.3) is 0 Å². The fourth-order valence-corrected chi connectivity index (χ4v) is 2.05. The van der Waals surface area contributed by atoms with E-state index in [1.807, 2.05) is 6.92 Å². The number of rotatable bonds is 3. The van der Waals surface area contributed by atoms with E-state index in [9.17, 15) is 8.78 Å². The predicted molar refractivity (Wildman–Crippen MR) is 66.3 cm³/mol. The average Bonchev–Trinajstić information content (AvgIpc) is 2.73. The van der Waals surface area contributed by atoms with E-state index in [1.165, 1.54) is 11.3 Å². The quantitative estimate of drug-likeness (QED) is 0.867. The second kappa shape index (κ2) is 5.10. The van der Waals surface area contributed by atoms with Crippen molar-refractivity contribution in [2.75, 3.05) is 5.32 Å². The van der Waals surface area contributed by atoms with Crippen molar-refractivity contribution in [3.05, 3.63) is 39.3 Å². The highest BCUT2D eigenvalue weighted by Gasteiger charge is 2.11. The van der Waals surface area contributed by atoms with Crippen LogP contribution in [0.3, 0.4) is 0 Å². The lowest BCUT2D eigenvalue weighted by Crippen LogP contribution is -2.04. The fraction of sp³-hybridized carbons (Fsp3) is 0.167. The first-order valence-corrected chi connectivity index (χ1v) is 5.90. The van der Waals surface area contributed by atoms with Crippen molar-refractivity contribution in [1.82, 2.24) is 10.2 Å². The van der Waals surface area contributed by atoms with Gasteiger partial charge in [-0.2, -0.15) is 0 Å². The third kappa shape index (κ3) is 2.63. The van der Waals surface area contributed by atoms with Crippen LogP contribution in [0.5, 0.6) is 0 Å². The number of hydrogen-bond donors (Lipinski definition) is 1. The van der Waals surface area contributed by atoms with Gasteiger partial charge in [-0.1, -0.05) is 17.3 Å². The van der Waals surface area contributed by atoms with E-state index in [0.29, 0.717) is 5.01 Å². The molecule has 18 heavy (non-hydrogen) atoms. The molecule has 0 spiro atoms. The summed E-state index contributed by atoms with van der Waals surface area (Å²) in [6.45, 7) is 2.03. The molecule has 0 bridgehead atoms. The molecule has 0 unspecified atom stereocenters. The summed E-state index contributed by atoms with van der Waals surface area (Å²) in [6, 6.07) is 2.22. The number of terminal acetylenes is 1. The molecule has 0 radical (unpaired) electrons. The van der Waals surface area contributed by atoms with E-state index >= 15 is 0 Å². The first-order valence-electron chi connectivity index (χ1n) is 5.08. The van der Waals surface area contributed by atoms with Gasteiger partial charge in [0.1, 0.15) is 15.7 Å². The van der Waals surface area contributed by atoms with Gasteiger partial charge in [0.05, 0.1) is 6.54 Å². The molecule has 0 saturated carbocycles. The maximum atomic E-state index is 13.6. The summed E-state index contributed by atoms with van der Waals surface area (Å²) in [7, 11) is 0. The molecular formula is C12H9F2N3S. The standard InChI is InChI=1S/C12H9F2N3S/c1-3-8-4-9(13)12(10(14)5-8)15-6-11-17-16-7(2)18-11/h1,4-5,15H,6H2,2H3. The van der Waals surface area contributed by atoms with Crippen LogP contribution in [0.25, 0.3) is 0 Å². The van der Waals surface area contributed by atoms with Crippen LogP contribution in [0.2, 0.25) is 0 Å². The van der Waals surface area contributed by atoms with Gasteiger partial charge in [-0.05, 0) is 19.1 Å². The smallest absolute Gasteiger partial charge is 0.150 e. The second-order valence-electron chi connectivity index (χ2n) is 3.53. The Balaban J connectivity index is 2.17. The van der Waals surface area contributed by atoms with Gasteiger partial charge < -0.3 is 5.32 Å². The molecular weight excluding hydrogens is 256 g/mol. The zero-order chi connectivity index (χ0) is 13.1. The lowest BCUT2D eigenvalue weighted by Gasteiger charge is -2.07. The Hall–Kier alpha value is -2.00. The monoisotopic (exact) mass is 265 g/mol. The minimum Gasteiger partial charge on any atom is -0.374 e. The van der Waals surface area contributed by atoms with Gasteiger partial charge in [0.2, 0.25) is 0 Å². The number of aryl methyl sites for hydroxylation is 1. The third-order valence-electron chi connectivity index (χ3n) is 2.19. The van der Waals surface area contributed by atoms with E-state index in [1.54, 1.807) is 0 Å². The van der Waals surface area contributed by atoms with Crippen molar-refractivity contribution in [1.29, 1.82) is 0 Å². The zero-order valence-electron chi connectivity index (χ0n) is 9.50. The van der Waals surface area contributed by atoms with Crippen LogP contribution in [0.15, 0.2) is 12.1 Å². The van der Waals surface area contributed by atoms with Crippen LogP contribution in [-0.2, 0) is 6.54 Å². The minimum atomic E-state index is -0.718. The molecule has 0 aliphatic rings. The lowest BCUT2D eigenvalue weighted by molar-refractivity contribution is 0.587. The SMILES string of the molecule is C#Cc1cc(F)c(NCc2nnc(C)s2)c(F)c1. The normalized spacial score (nSPS) is 10.1. The Kier molecular flexibility index (Phi) is 3.53. The Bertz CT molecular complexity index is 593. The highest BCUT2D eigenvalue weighted by molar-refractivity contribution is 7.11. The Morgan fingerprint density at radius 2 is 2.00 bits per heavy atom. The van der Waals surface area contributed by atoms with Gasteiger partial charge in [-0.25, -0.2) is 8.78 Å². The molecule has 1 aromatic heterocycles. The van der Waals surface area contributed by atoms with Crippen molar-refractivity contribution >= 4 is 17.0 Å². The zero-order valence-corrected chi connectivity index (χ0v) is 10.3. The number of anilines is 1. The van der Waals surface area contributed by atoms with Gasteiger partial charge in [0, 0.05) is 5.56 Å². The molecule has 1 aromatic carbocycles. The maximum absolute atomic E-state index is 13.6.